The normalized spacial score (nSPS) is 14.1. The second-order valence-corrected chi connectivity index (χ2v) is 7.65. The van der Waals surface area contributed by atoms with E-state index in [1.165, 1.54) is 27.8 Å². The molecule has 4 nitrogen and oxygen atoms in total. The average Bonchev–Trinajstić information content (AvgIpc) is 3.18. The van der Waals surface area contributed by atoms with Crippen molar-refractivity contribution in [2.75, 3.05) is 11.4 Å². The van der Waals surface area contributed by atoms with Gasteiger partial charge in [0.1, 0.15) is 0 Å². The Kier molecular flexibility index (Phi) is 5.30. The lowest BCUT2D eigenvalue weighted by Gasteiger charge is -2.28. The third kappa shape index (κ3) is 4.26. The molecule has 1 aliphatic rings. The van der Waals surface area contributed by atoms with Crippen LogP contribution in [0.1, 0.15) is 21.6 Å². The van der Waals surface area contributed by atoms with Crippen LogP contribution in [-0.4, -0.2) is 17.7 Å². The monoisotopic (exact) mass is 374 g/mol. The van der Waals surface area contributed by atoms with Gasteiger partial charge >= 0.3 is 0 Å². The van der Waals surface area contributed by atoms with Crippen LogP contribution in [-0.2, 0) is 19.4 Å². The van der Waals surface area contributed by atoms with E-state index in [0.717, 1.165) is 36.8 Å². The van der Waals surface area contributed by atoms with Crippen LogP contribution in [0.4, 0.5) is 10.8 Å². The Balaban J connectivity index is 1.41. The van der Waals surface area contributed by atoms with Gasteiger partial charge in [-0.25, -0.2) is 4.98 Å². The number of benzene rings is 2. The van der Waals surface area contributed by atoms with Gasteiger partial charge in [0.2, 0.25) is 0 Å². The summed E-state index contributed by atoms with van der Waals surface area (Å²) < 4.78 is 0. The zero-order valence-corrected chi connectivity index (χ0v) is 15.9. The summed E-state index contributed by atoms with van der Waals surface area (Å²) in [6.07, 6.45) is 8.88. The molecule has 0 saturated heterocycles. The van der Waals surface area contributed by atoms with E-state index in [9.17, 15) is 0 Å². The lowest BCUT2D eigenvalue weighted by Crippen LogP contribution is -2.30. The average molecular weight is 375 g/mol. The van der Waals surface area contributed by atoms with Gasteiger partial charge in [0, 0.05) is 36.8 Å². The maximum absolute atomic E-state index is 5.30. The largest absolute Gasteiger partial charge is 0.405 e. The van der Waals surface area contributed by atoms with Gasteiger partial charge in [0.05, 0.1) is 5.69 Å². The highest BCUT2D eigenvalue weighted by Crippen LogP contribution is 2.29. The standard InChI is InChI=1S/C22H22N4S/c23-11-3-12-24-20-8-6-17(7-9-20)14-21-15-25-22(27-21)26-13-10-18-4-1-2-5-19(18)16-26/h1-9,11-12,15H,10,13-14,16,23H2. The van der Waals surface area contributed by atoms with Crippen LogP contribution in [0.15, 0.2) is 72.0 Å². The Morgan fingerprint density at radius 2 is 1.93 bits per heavy atom. The topological polar surface area (TPSA) is 54.5 Å². The lowest BCUT2D eigenvalue weighted by molar-refractivity contribution is 0.729. The number of nitrogens with two attached hydrogens (primary N) is 1. The minimum atomic E-state index is 0.898. The summed E-state index contributed by atoms with van der Waals surface area (Å²) in [5.74, 6) is 0. The molecular formula is C22H22N4S. The second kappa shape index (κ2) is 8.18. The van der Waals surface area contributed by atoms with E-state index in [0.29, 0.717) is 0 Å². The van der Waals surface area contributed by atoms with E-state index < -0.39 is 0 Å². The molecule has 0 aliphatic carbocycles. The first-order valence-corrected chi connectivity index (χ1v) is 9.90. The van der Waals surface area contributed by atoms with Crippen LogP contribution in [0.3, 0.4) is 0 Å². The summed E-state index contributed by atoms with van der Waals surface area (Å²) in [7, 11) is 0. The van der Waals surface area contributed by atoms with E-state index in [4.69, 9.17) is 5.73 Å². The van der Waals surface area contributed by atoms with Gasteiger partial charge in [-0.05, 0) is 47.5 Å². The van der Waals surface area contributed by atoms with E-state index in [1.54, 1.807) is 23.6 Å². The highest BCUT2D eigenvalue weighted by Gasteiger charge is 2.18. The predicted octanol–water partition coefficient (Wildman–Crippen LogP) is 4.47. The fraction of sp³-hybridized carbons (Fsp3) is 0.182. The molecule has 0 amide bonds. The third-order valence-electron chi connectivity index (χ3n) is 4.68. The van der Waals surface area contributed by atoms with Crippen molar-refractivity contribution < 1.29 is 0 Å². The van der Waals surface area contributed by atoms with Crippen molar-refractivity contribution in [1.82, 2.24) is 4.98 Å². The van der Waals surface area contributed by atoms with Crippen molar-refractivity contribution in [2.45, 2.75) is 19.4 Å². The molecule has 0 atom stereocenters. The van der Waals surface area contributed by atoms with Gasteiger partial charge in [-0.3, -0.25) is 4.99 Å². The number of hydrogen-bond acceptors (Lipinski definition) is 5. The molecule has 1 aromatic heterocycles. The Morgan fingerprint density at radius 3 is 2.74 bits per heavy atom. The van der Waals surface area contributed by atoms with Gasteiger partial charge in [-0.2, -0.15) is 0 Å². The molecule has 136 valence electrons. The van der Waals surface area contributed by atoms with Crippen LogP contribution in [0.5, 0.6) is 0 Å². The summed E-state index contributed by atoms with van der Waals surface area (Å²) in [6.45, 7) is 1.99. The number of anilines is 1. The fourth-order valence-electron chi connectivity index (χ4n) is 3.26. The maximum Gasteiger partial charge on any atom is 0.185 e. The zero-order valence-electron chi connectivity index (χ0n) is 15.1. The first kappa shape index (κ1) is 17.5. The number of nitrogens with zero attached hydrogens (tertiary/aromatic N) is 3. The van der Waals surface area contributed by atoms with Crippen LogP contribution in [0, 0.1) is 0 Å². The molecule has 27 heavy (non-hydrogen) atoms. The van der Waals surface area contributed by atoms with Gasteiger partial charge in [-0.1, -0.05) is 36.4 Å². The third-order valence-corrected chi connectivity index (χ3v) is 5.74. The van der Waals surface area contributed by atoms with Crippen LogP contribution < -0.4 is 10.6 Å². The number of rotatable bonds is 5. The lowest BCUT2D eigenvalue weighted by atomic mass is 10.0. The van der Waals surface area contributed by atoms with Crippen molar-refractivity contribution in [3.8, 4) is 0 Å². The molecule has 2 N–H and O–H groups in total. The van der Waals surface area contributed by atoms with E-state index in [1.807, 2.05) is 18.3 Å². The Labute approximate surface area is 163 Å². The summed E-state index contributed by atoms with van der Waals surface area (Å²) in [6, 6.07) is 17.0. The predicted molar refractivity (Wildman–Crippen MR) is 114 cm³/mol. The van der Waals surface area contributed by atoms with Gasteiger partial charge in [0.25, 0.3) is 0 Å². The molecule has 1 aliphatic heterocycles. The molecule has 0 spiro atoms. The highest BCUT2D eigenvalue weighted by atomic mass is 32.1. The van der Waals surface area contributed by atoms with E-state index in [2.05, 4.69) is 51.3 Å². The number of fused-ring (bicyclic) bond motifs is 1. The van der Waals surface area contributed by atoms with Gasteiger partial charge in [-0.15, -0.1) is 11.3 Å². The summed E-state index contributed by atoms with van der Waals surface area (Å²) in [4.78, 5) is 12.7. The Morgan fingerprint density at radius 1 is 1.11 bits per heavy atom. The van der Waals surface area contributed by atoms with Crippen LogP contribution in [0.2, 0.25) is 0 Å². The Hall–Kier alpha value is -2.92. The number of hydrogen-bond donors (Lipinski definition) is 1. The molecule has 5 heteroatoms. The summed E-state index contributed by atoms with van der Waals surface area (Å²) in [5.41, 5.74) is 10.4. The van der Waals surface area contributed by atoms with E-state index >= 15 is 0 Å². The van der Waals surface area contributed by atoms with E-state index in [-0.39, 0.29) is 0 Å². The molecule has 4 rings (SSSR count). The molecule has 0 fully saturated rings. The van der Waals surface area contributed by atoms with Crippen molar-refractivity contribution in [2.24, 2.45) is 10.7 Å². The number of aromatic nitrogens is 1. The quantitative estimate of drug-likeness (QED) is 0.670. The highest BCUT2D eigenvalue weighted by molar-refractivity contribution is 7.15. The summed E-state index contributed by atoms with van der Waals surface area (Å²) in [5, 5.41) is 1.12. The van der Waals surface area contributed by atoms with Gasteiger partial charge < -0.3 is 10.6 Å². The number of allylic oxidation sites excluding steroid dienone is 1. The van der Waals surface area contributed by atoms with Crippen LogP contribution in [0.25, 0.3) is 0 Å². The molecule has 0 saturated carbocycles. The molecular weight excluding hydrogens is 352 g/mol. The molecule has 3 aromatic rings. The summed E-state index contributed by atoms with van der Waals surface area (Å²) >= 11 is 1.79. The smallest absolute Gasteiger partial charge is 0.185 e. The minimum absolute atomic E-state index is 0.898. The minimum Gasteiger partial charge on any atom is -0.405 e. The number of aliphatic imine (C=N–C) groups is 1. The SMILES string of the molecule is NC=CC=Nc1ccc(Cc2cnc(N3CCc4ccccc4C3)s2)cc1. The maximum atomic E-state index is 5.30. The van der Waals surface area contributed by atoms with Crippen molar-refractivity contribution in [3.05, 3.63) is 88.6 Å². The number of thiazole rings is 1. The first-order chi connectivity index (χ1) is 13.3. The fourth-order valence-corrected chi connectivity index (χ4v) is 4.23. The first-order valence-electron chi connectivity index (χ1n) is 9.08. The van der Waals surface area contributed by atoms with Gasteiger partial charge in [0.15, 0.2) is 5.13 Å². The molecule has 0 radical (unpaired) electrons. The molecule has 2 heterocycles. The molecule has 0 bridgehead atoms. The van der Waals surface area contributed by atoms with Crippen molar-refractivity contribution in [3.63, 3.8) is 0 Å². The zero-order chi connectivity index (χ0) is 18.5. The molecule has 0 unspecified atom stereocenters. The van der Waals surface area contributed by atoms with Crippen molar-refractivity contribution >= 4 is 28.4 Å². The van der Waals surface area contributed by atoms with Crippen molar-refractivity contribution in [1.29, 1.82) is 0 Å². The van der Waals surface area contributed by atoms with Crippen LogP contribution >= 0.6 is 11.3 Å². The Bertz CT molecular complexity index is 956. The second-order valence-electron chi connectivity index (χ2n) is 6.56. The molecule has 2 aromatic carbocycles.